The second-order valence-electron chi connectivity index (χ2n) is 9.37. The molecule has 0 saturated carbocycles. The summed E-state index contributed by atoms with van der Waals surface area (Å²) in [5.74, 6) is -0.437. The second kappa shape index (κ2) is 14.2. The SMILES string of the molecule is CCCNC(=O)[C@@H](CC)N(Cc1ccccc1)C(=O)CN(c1ccc(OC)c(Cl)c1)S(=O)(=O)c1ccc(C)cc1. The van der Waals surface area contributed by atoms with Gasteiger partial charge in [-0.05, 0) is 55.7 Å². The Kier molecular flexibility index (Phi) is 11.0. The molecule has 0 saturated heterocycles. The van der Waals surface area contributed by atoms with Crippen LogP contribution in [0.4, 0.5) is 5.69 Å². The standard InChI is InChI=1S/C30H36ClN3O5S/c1-5-18-32-30(36)27(6-2)33(20-23-10-8-7-9-11-23)29(35)21-34(24-14-17-28(39-4)26(31)19-24)40(37,38)25-15-12-22(3)13-16-25/h7-17,19,27H,5-6,18,20-21H2,1-4H3,(H,32,36)/t27-/m1/s1. The van der Waals surface area contributed by atoms with Crippen molar-refractivity contribution in [1.29, 1.82) is 0 Å². The second-order valence-corrected chi connectivity index (χ2v) is 11.6. The number of hydrogen-bond acceptors (Lipinski definition) is 5. The number of halogens is 1. The molecule has 8 nitrogen and oxygen atoms in total. The van der Waals surface area contributed by atoms with Gasteiger partial charge in [-0.15, -0.1) is 0 Å². The van der Waals surface area contributed by atoms with Crippen molar-refractivity contribution in [3.63, 3.8) is 0 Å². The Morgan fingerprint density at radius 2 is 1.68 bits per heavy atom. The number of sulfonamides is 1. The van der Waals surface area contributed by atoms with Crippen molar-refractivity contribution >= 4 is 39.1 Å². The monoisotopic (exact) mass is 585 g/mol. The minimum atomic E-state index is -4.19. The molecule has 0 aliphatic carbocycles. The molecule has 0 fully saturated rings. The Bertz CT molecular complexity index is 1400. The fourth-order valence-electron chi connectivity index (χ4n) is 4.24. The number of amides is 2. The Hall–Kier alpha value is -3.56. The molecule has 0 heterocycles. The highest BCUT2D eigenvalue weighted by Gasteiger charge is 2.33. The third-order valence-electron chi connectivity index (χ3n) is 6.44. The predicted octanol–water partition coefficient (Wildman–Crippen LogP) is 5.19. The maximum atomic E-state index is 14.0. The van der Waals surface area contributed by atoms with Gasteiger partial charge in [0.15, 0.2) is 0 Å². The normalized spacial score (nSPS) is 11.9. The molecule has 0 radical (unpaired) electrons. The first kappa shape index (κ1) is 31.0. The maximum absolute atomic E-state index is 14.0. The fraction of sp³-hybridized carbons (Fsp3) is 0.333. The first-order chi connectivity index (χ1) is 19.1. The molecular formula is C30H36ClN3O5S. The van der Waals surface area contributed by atoms with Crippen LogP contribution in [0.3, 0.4) is 0 Å². The molecule has 0 bridgehead atoms. The highest BCUT2D eigenvalue weighted by atomic mass is 35.5. The molecule has 214 valence electrons. The van der Waals surface area contributed by atoms with Gasteiger partial charge in [-0.3, -0.25) is 13.9 Å². The Balaban J connectivity index is 2.07. The van der Waals surface area contributed by atoms with Crippen molar-refractivity contribution < 1.29 is 22.7 Å². The summed E-state index contributed by atoms with van der Waals surface area (Å²) in [6.07, 6.45) is 1.10. The van der Waals surface area contributed by atoms with Crippen LogP contribution in [-0.2, 0) is 26.2 Å². The molecule has 0 spiro atoms. The first-order valence-corrected chi connectivity index (χ1v) is 15.0. The van der Waals surface area contributed by atoms with E-state index in [0.717, 1.165) is 21.9 Å². The first-order valence-electron chi connectivity index (χ1n) is 13.2. The van der Waals surface area contributed by atoms with Crippen LogP contribution in [0, 0.1) is 6.92 Å². The molecule has 3 aromatic carbocycles. The molecule has 10 heteroatoms. The van der Waals surface area contributed by atoms with E-state index in [2.05, 4.69) is 5.32 Å². The maximum Gasteiger partial charge on any atom is 0.264 e. The van der Waals surface area contributed by atoms with E-state index in [-0.39, 0.29) is 28.1 Å². The summed E-state index contributed by atoms with van der Waals surface area (Å²) < 4.78 is 34.1. The van der Waals surface area contributed by atoms with Crippen molar-refractivity contribution in [1.82, 2.24) is 10.2 Å². The number of ether oxygens (including phenoxy) is 1. The van der Waals surface area contributed by atoms with Crippen LogP contribution in [0.2, 0.25) is 5.02 Å². The topological polar surface area (TPSA) is 96.0 Å². The molecule has 2 amide bonds. The number of rotatable bonds is 13. The molecule has 3 aromatic rings. The number of nitrogens with one attached hydrogen (secondary N) is 1. The zero-order valence-electron chi connectivity index (χ0n) is 23.3. The number of carbonyl (C=O) groups is 2. The zero-order valence-corrected chi connectivity index (χ0v) is 24.8. The van der Waals surface area contributed by atoms with Gasteiger partial charge < -0.3 is 15.0 Å². The summed E-state index contributed by atoms with van der Waals surface area (Å²) in [4.78, 5) is 28.6. The third-order valence-corrected chi connectivity index (χ3v) is 8.53. The van der Waals surface area contributed by atoms with E-state index in [4.69, 9.17) is 16.3 Å². The summed E-state index contributed by atoms with van der Waals surface area (Å²) in [5.41, 5.74) is 1.91. The largest absolute Gasteiger partial charge is 0.495 e. The van der Waals surface area contributed by atoms with E-state index < -0.39 is 28.5 Å². The van der Waals surface area contributed by atoms with Crippen LogP contribution in [0.5, 0.6) is 5.75 Å². The van der Waals surface area contributed by atoms with Gasteiger partial charge >= 0.3 is 0 Å². The van der Waals surface area contributed by atoms with Gasteiger partial charge in [0.05, 0.1) is 22.7 Å². The number of anilines is 1. The Morgan fingerprint density at radius 3 is 2.25 bits per heavy atom. The summed E-state index contributed by atoms with van der Waals surface area (Å²) in [7, 11) is -2.73. The van der Waals surface area contributed by atoms with Gasteiger partial charge in [-0.2, -0.15) is 0 Å². The molecule has 40 heavy (non-hydrogen) atoms. The Morgan fingerprint density at radius 1 is 1.00 bits per heavy atom. The van der Waals surface area contributed by atoms with Crippen LogP contribution >= 0.6 is 11.6 Å². The van der Waals surface area contributed by atoms with Crippen molar-refractivity contribution in [3.8, 4) is 5.75 Å². The average molecular weight is 586 g/mol. The molecular weight excluding hydrogens is 550 g/mol. The number of methoxy groups -OCH3 is 1. The molecule has 0 aliphatic rings. The lowest BCUT2D eigenvalue weighted by molar-refractivity contribution is -0.140. The lowest BCUT2D eigenvalue weighted by atomic mass is 10.1. The Labute approximate surface area is 241 Å². The molecule has 3 rings (SSSR count). The third kappa shape index (κ3) is 7.55. The molecule has 0 aliphatic heterocycles. The quantitative estimate of drug-likeness (QED) is 0.298. The van der Waals surface area contributed by atoms with Gasteiger partial charge in [0.25, 0.3) is 10.0 Å². The minimum absolute atomic E-state index is 0.0279. The number of aryl methyl sites for hydroxylation is 1. The van der Waals surface area contributed by atoms with Crippen LogP contribution in [-0.4, -0.2) is 51.4 Å². The van der Waals surface area contributed by atoms with Crippen molar-refractivity contribution in [3.05, 3.63) is 88.9 Å². The van der Waals surface area contributed by atoms with E-state index >= 15 is 0 Å². The summed E-state index contributed by atoms with van der Waals surface area (Å²) in [5, 5.41) is 3.07. The number of nitrogens with zero attached hydrogens (tertiary/aromatic N) is 2. The van der Waals surface area contributed by atoms with E-state index in [1.807, 2.05) is 51.1 Å². The summed E-state index contributed by atoms with van der Waals surface area (Å²) in [6, 6.07) is 19.4. The lowest BCUT2D eigenvalue weighted by Crippen LogP contribution is -2.52. The van der Waals surface area contributed by atoms with Gasteiger partial charge in [-0.25, -0.2) is 8.42 Å². The highest BCUT2D eigenvalue weighted by Crippen LogP contribution is 2.32. The van der Waals surface area contributed by atoms with Crippen molar-refractivity contribution in [2.45, 2.75) is 51.1 Å². The molecule has 1 atom stereocenters. The number of benzene rings is 3. The van der Waals surface area contributed by atoms with Crippen molar-refractivity contribution in [2.75, 3.05) is 24.5 Å². The van der Waals surface area contributed by atoms with Crippen LogP contribution < -0.4 is 14.4 Å². The van der Waals surface area contributed by atoms with Gasteiger partial charge in [-0.1, -0.05) is 73.5 Å². The van der Waals surface area contributed by atoms with E-state index in [9.17, 15) is 18.0 Å². The van der Waals surface area contributed by atoms with Gasteiger partial charge in [0.1, 0.15) is 18.3 Å². The summed E-state index contributed by atoms with van der Waals surface area (Å²) in [6.45, 7) is 5.70. The smallest absolute Gasteiger partial charge is 0.264 e. The van der Waals surface area contributed by atoms with Gasteiger partial charge in [0, 0.05) is 13.1 Å². The molecule has 1 N–H and O–H groups in total. The molecule has 0 unspecified atom stereocenters. The zero-order chi connectivity index (χ0) is 29.3. The number of hydrogen-bond donors (Lipinski definition) is 1. The van der Waals surface area contributed by atoms with E-state index in [1.165, 1.54) is 36.3 Å². The highest BCUT2D eigenvalue weighted by molar-refractivity contribution is 7.92. The summed E-state index contributed by atoms with van der Waals surface area (Å²) >= 11 is 6.37. The lowest BCUT2D eigenvalue weighted by Gasteiger charge is -2.33. The van der Waals surface area contributed by atoms with E-state index in [1.54, 1.807) is 18.2 Å². The fourth-order valence-corrected chi connectivity index (χ4v) is 5.90. The van der Waals surface area contributed by atoms with Crippen LogP contribution in [0.15, 0.2) is 77.7 Å². The van der Waals surface area contributed by atoms with Crippen LogP contribution in [0.1, 0.15) is 37.8 Å². The van der Waals surface area contributed by atoms with E-state index in [0.29, 0.717) is 18.7 Å². The van der Waals surface area contributed by atoms with Gasteiger partial charge in [0.2, 0.25) is 11.8 Å². The number of carbonyl (C=O) groups excluding carboxylic acids is 2. The average Bonchev–Trinajstić information content (AvgIpc) is 2.95. The molecule has 0 aromatic heterocycles. The predicted molar refractivity (Wildman–Crippen MR) is 158 cm³/mol. The van der Waals surface area contributed by atoms with Crippen LogP contribution in [0.25, 0.3) is 0 Å². The minimum Gasteiger partial charge on any atom is -0.495 e. The van der Waals surface area contributed by atoms with Crippen molar-refractivity contribution in [2.24, 2.45) is 0 Å².